The lowest BCUT2D eigenvalue weighted by Gasteiger charge is -2.07. The lowest BCUT2D eigenvalue weighted by Crippen LogP contribution is -2.08. The van der Waals surface area contributed by atoms with Gasteiger partial charge in [-0.2, -0.15) is 15.0 Å². The van der Waals surface area contributed by atoms with Gasteiger partial charge in [0.2, 0.25) is 11.1 Å². The third-order valence-corrected chi connectivity index (χ3v) is 3.30. The standard InChI is InChI=1S/C12H18N6OS/c1-4-6-13-9-15-10(19-5-2)17-11(16-9)20-12-14-7-8-18(12)3/h7-8H,4-6H2,1-3H3,(H,13,15,16,17). The van der Waals surface area contributed by atoms with Gasteiger partial charge in [0.25, 0.3) is 0 Å². The minimum absolute atomic E-state index is 0.331. The smallest absolute Gasteiger partial charge is 0.322 e. The Bertz CT molecular complexity index is 559. The van der Waals surface area contributed by atoms with E-state index in [1.807, 2.05) is 24.7 Å². The van der Waals surface area contributed by atoms with Crippen molar-refractivity contribution >= 4 is 17.7 Å². The van der Waals surface area contributed by atoms with E-state index in [1.54, 1.807) is 6.20 Å². The number of nitrogens with zero attached hydrogens (tertiary/aromatic N) is 5. The maximum Gasteiger partial charge on any atom is 0.322 e. The van der Waals surface area contributed by atoms with Crippen LogP contribution in [-0.4, -0.2) is 37.7 Å². The van der Waals surface area contributed by atoms with Gasteiger partial charge in [-0.3, -0.25) is 0 Å². The van der Waals surface area contributed by atoms with Gasteiger partial charge in [-0.15, -0.1) is 0 Å². The molecule has 2 heterocycles. The molecule has 20 heavy (non-hydrogen) atoms. The molecule has 0 fully saturated rings. The molecule has 108 valence electrons. The number of hydrogen-bond acceptors (Lipinski definition) is 7. The molecule has 0 aliphatic carbocycles. The molecule has 0 amide bonds. The second-order valence-electron chi connectivity index (χ2n) is 4.01. The number of aromatic nitrogens is 5. The van der Waals surface area contributed by atoms with E-state index in [0.717, 1.165) is 18.1 Å². The van der Waals surface area contributed by atoms with Gasteiger partial charge in [0, 0.05) is 26.0 Å². The summed E-state index contributed by atoms with van der Waals surface area (Å²) in [5.41, 5.74) is 0. The van der Waals surface area contributed by atoms with Crippen molar-refractivity contribution in [3.8, 4) is 6.01 Å². The maximum absolute atomic E-state index is 5.37. The van der Waals surface area contributed by atoms with Crippen molar-refractivity contribution in [1.29, 1.82) is 0 Å². The first-order chi connectivity index (χ1) is 9.72. The van der Waals surface area contributed by atoms with Gasteiger partial charge in [0.15, 0.2) is 5.16 Å². The first-order valence-corrected chi connectivity index (χ1v) is 7.32. The van der Waals surface area contributed by atoms with Crippen molar-refractivity contribution in [3.05, 3.63) is 12.4 Å². The lowest BCUT2D eigenvalue weighted by atomic mass is 10.5. The van der Waals surface area contributed by atoms with Gasteiger partial charge in [-0.25, -0.2) is 4.98 Å². The summed E-state index contributed by atoms with van der Waals surface area (Å²) >= 11 is 1.38. The molecule has 2 aromatic rings. The van der Waals surface area contributed by atoms with Crippen LogP contribution in [0.4, 0.5) is 5.95 Å². The average Bonchev–Trinajstić information content (AvgIpc) is 2.82. The Balaban J connectivity index is 2.21. The van der Waals surface area contributed by atoms with E-state index < -0.39 is 0 Å². The van der Waals surface area contributed by atoms with E-state index in [4.69, 9.17) is 4.74 Å². The molecule has 2 aromatic heterocycles. The van der Waals surface area contributed by atoms with Crippen LogP contribution in [0.2, 0.25) is 0 Å². The van der Waals surface area contributed by atoms with Crippen LogP contribution in [0.1, 0.15) is 20.3 Å². The van der Waals surface area contributed by atoms with Crippen LogP contribution in [0, 0.1) is 0 Å². The second kappa shape index (κ2) is 7.09. The quantitative estimate of drug-likeness (QED) is 0.836. The monoisotopic (exact) mass is 294 g/mol. The maximum atomic E-state index is 5.37. The summed E-state index contributed by atoms with van der Waals surface area (Å²) in [5, 5.41) is 4.53. The topological polar surface area (TPSA) is 77.8 Å². The minimum atomic E-state index is 0.331. The molecule has 0 bridgehead atoms. The zero-order chi connectivity index (χ0) is 14.4. The summed E-state index contributed by atoms with van der Waals surface area (Å²) in [6, 6.07) is 0.331. The van der Waals surface area contributed by atoms with Gasteiger partial charge >= 0.3 is 6.01 Å². The van der Waals surface area contributed by atoms with Gasteiger partial charge in [-0.1, -0.05) is 6.92 Å². The highest BCUT2D eigenvalue weighted by Crippen LogP contribution is 2.24. The Hall–Kier alpha value is -1.83. The molecule has 0 atom stereocenters. The Labute approximate surface area is 122 Å². The molecule has 2 rings (SSSR count). The summed E-state index contributed by atoms with van der Waals surface area (Å²) in [4.78, 5) is 17.1. The highest BCUT2D eigenvalue weighted by molar-refractivity contribution is 7.99. The Morgan fingerprint density at radius 1 is 1.30 bits per heavy atom. The first-order valence-electron chi connectivity index (χ1n) is 6.50. The normalized spacial score (nSPS) is 10.6. The first kappa shape index (κ1) is 14.6. The largest absolute Gasteiger partial charge is 0.464 e. The number of anilines is 1. The molecular formula is C12H18N6OS. The van der Waals surface area contributed by atoms with Crippen molar-refractivity contribution < 1.29 is 4.74 Å². The van der Waals surface area contributed by atoms with Crippen LogP contribution in [0.3, 0.4) is 0 Å². The van der Waals surface area contributed by atoms with Gasteiger partial charge in [-0.05, 0) is 25.1 Å². The van der Waals surface area contributed by atoms with Crippen LogP contribution in [-0.2, 0) is 7.05 Å². The molecule has 1 N–H and O–H groups in total. The lowest BCUT2D eigenvalue weighted by molar-refractivity contribution is 0.308. The highest BCUT2D eigenvalue weighted by atomic mass is 32.2. The Morgan fingerprint density at radius 3 is 2.80 bits per heavy atom. The fourth-order valence-electron chi connectivity index (χ4n) is 1.43. The molecule has 0 aromatic carbocycles. The van der Waals surface area contributed by atoms with E-state index in [9.17, 15) is 0 Å². The van der Waals surface area contributed by atoms with Crippen LogP contribution >= 0.6 is 11.8 Å². The summed E-state index contributed by atoms with van der Waals surface area (Å²) in [6.45, 7) is 5.31. The highest BCUT2D eigenvalue weighted by Gasteiger charge is 2.10. The van der Waals surface area contributed by atoms with Crippen LogP contribution in [0.5, 0.6) is 6.01 Å². The fraction of sp³-hybridized carbons (Fsp3) is 0.500. The second-order valence-corrected chi connectivity index (χ2v) is 4.94. The molecule has 0 radical (unpaired) electrons. The Kier molecular flexibility index (Phi) is 5.16. The molecule has 8 heteroatoms. The third-order valence-electron chi connectivity index (χ3n) is 2.36. The number of imidazole rings is 1. The SMILES string of the molecule is CCCNc1nc(OCC)nc(Sc2nccn2C)n1. The number of nitrogens with one attached hydrogen (secondary N) is 1. The molecule has 0 unspecified atom stereocenters. The molecule has 0 saturated carbocycles. The summed E-state index contributed by atoms with van der Waals surface area (Å²) in [6.07, 6.45) is 4.62. The molecule has 0 saturated heterocycles. The van der Waals surface area contributed by atoms with Crippen molar-refractivity contribution in [2.75, 3.05) is 18.5 Å². The van der Waals surface area contributed by atoms with Crippen LogP contribution < -0.4 is 10.1 Å². The molecule has 0 aliphatic heterocycles. The van der Waals surface area contributed by atoms with Crippen molar-refractivity contribution in [2.45, 2.75) is 30.6 Å². The van der Waals surface area contributed by atoms with E-state index >= 15 is 0 Å². The summed E-state index contributed by atoms with van der Waals surface area (Å²) < 4.78 is 7.28. The summed E-state index contributed by atoms with van der Waals surface area (Å²) in [5.74, 6) is 0.530. The number of ether oxygens (including phenoxy) is 1. The zero-order valence-electron chi connectivity index (χ0n) is 11.8. The van der Waals surface area contributed by atoms with Crippen LogP contribution in [0.25, 0.3) is 0 Å². The van der Waals surface area contributed by atoms with E-state index in [-0.39, 0.29) is 0 Å². The predicted octanol–water partition coefficient (Wildman–Crippen LogP) is 1.98. The number of rotatable bonds is 7. The van der Waals surface area contributed by atoms with E-state index in [1.165, 1.54) is 11.8 Å². The fourth-order valence-corrected chi connectivity index (χ4v) is 2.16. The van der Waals surface area contributed by atoms with Crippen molar-refractivity contribution in [3.63, 3.8) is 0 Å². The molecular weight excluding hydrogens is 276 g/mol. The number of aryl methyl sites for hydroxylation is 1. The zero-order valence-corrected chi connectivity index (χ0v) is 12.6. The predicted molar refractivity (Wildman–Crippen MR) is 77.1 cm³/mol. The van der Waals surface area contributed by atoms with Gasteiger partial charge in [0.05, 0.1) is 6.61 Å². The summed E-state index contributed by atoms with van der Waals surface area (Å²) in [7, 11) is 1.93. The van der Waals surface area contributed by atoms with Gasteiger partial charge in [0.1, 0.15) is 0 Å². The van der Waals surface area contributed by atoms with Crippen molar-refractivity contribution in [1.82, 2.24) is 24.5 Å². The third kappa shape index (κ3) is 3.83. The molecule has 0 aliphatic rings. The minimum Gasteiger partial charge on any atom is -0.464 e. The Morgan fingerprint density at radius 2 is 2.15 bits per heavy atom. The number of hydrogen-bond donors (Lipinski definition) is 1. The average molecular weight is 294 g/mol. The molecule has 0 spiro atoms. The van der Waals surface area contributed by atoms with Crippen molar-refractivity contribution in [2.24, 2.45) is 7.05 Å². The van der Waals surface area contributed by atoms with E-state index in [0.29, 0.717) is 23.7 Å². The van der Waals surface area contributed by atoms with Crippen LogP contribution in [0.15, 0.2) is 22.7 Å². The van der Waals surface area contributed by atoms with E-state index in [2.05, 4.69) is 32.2 Å². The van der Waals surface area contributed by atoms with Gasteiger partial charge < -0.3 is 14.6 Å². The molecule has 7 nitrogen and oxygen atoms in total.